The third kappa shape index (κ3) is 4.36. The molecule has 4 rings (SSSR count). The summed E-state index contributed by atoms with van der Waals surface area (Å²) < 4.78 is 31.2. The van der Waals surface area contributed by atoms with Crippen LogP contribution in [0.3, 0.4) is 0 Å². The molecule has 0 aliphatic heterocycles. The first kappa shape index (κ1) is 21.2. The van der Waals surface area contributed by atoms with Crippen LogP contribution in [0.5, 0.6) is 5.75 Å². The number of rotatable bonds is 7. The van der Waals surface area contributed by atoms with E-state index in [1.165, 1.54) is 16.8 Å². The van der Waals surface area contributed by atoms with Crippen molar-refractivity contribution >= 4 is 5.97 Å². The maximum atomic E-state index is 13.2. The van der Waals surface area contributed by atoms with Crippen LogP contribution in [0.2, 0.25) is 0 Å². The smallest absolute Gasteiger partial charge is 0.361 e. The van der Waals surface area contributed by atoms with E-state index in [1.54, 1.807) is 26.0 Å². The number of benzene rings is 2. The molecule has 2 heterocycles. The van der Waals surface area contributed by atoms with Crippen molar-refractivity contribution in [3.05, 3.63) is 77.2 Å². The number of halogens is 1. The van der Waals surface area contributed by atoms with Crippen LogP contribution in [0.4, 0.5) is 4.39 Å². The summed E-state index contributed by atoms with van der Waals surface area (Å²) in [7, 11) is 0. The molecule has 164 valence electrons. The molecule has 0 bridgehead atoms. The van der Waals surface area contributed by atoms with Crippen molar-refractivity contribution in [1.82, 2.24) is 20.0 Å². The van der Waals surface area contributed by atoms with Crippen LogP contribution in [0.1, 0.15) is 34.6 Å². The van der Waals surface area contributed by atoms with E-state index in [1.807, 2.05) is 31.2 Å². The molecule has 0 fully saturated rings. The number of oxazole rings is 1. The van der Waals surface area contributed by atoms with Gasteiger partial charge in [-0.25, -0.2) is 18.9 Å². The standard InChI is InChI=1S/C23H21FN4O4/c1-4-30-19-11-5-16(6-12-19)22-25-20(15(3)32-22)13-31-23(29)21-14(2)28(27-26-21)18-9-7-17(24)8-10-18/h5-12H,4,13H2,1-3H3. The first-order chi connectivity index (χ1) is 15.5. The summed E-state index contributed by atoms with van der Waals surface area (Å²) >= 11 is 0. The maximum absolute atomic E-state index is 13.2. The molecule has 0 saturated carbocycles. The molecule has 2 aromatic carbocycles. The lowest BCUT2D eigenvalue weighted by Gasteiger charge is -2.04. The topological polar surface area (TPSA) is 92.3 Å². The summed E-state index contributed by atoms with van der Waals surface area (Å²) in [5.41, 5.74) is 2.43. The first-order valence-corrected chi connectivity index (χ1v) is 10.0. The molecule has 0 aliphatic carbocycles. The van der Waals surface area contributed by atoms with Gasteiger partial charge in [0.05, 0.1) is 18.0 Å². The molecule has 0 N–H and O–H groups in total. The second-order valence-electron chi connectivity index (χ2n) is 6.97. The zero-order valence-corrected chi connectivity index (χ0v) is 17.8. The molecular formula is C23H21FN4O4. The van der Waals surface area contributed by atoms with Crippen molar-refractivity contribution in [1.29, 1.82) is 0 Å². The second kappa shape index (κ2) is 9.01. The van der Waals surface area contributed by atoms with Crippen molar-refractivity contribution in [2.45, 2.75) is 27.4 Å². The van der Waals surface area contributed by atoms with Crippen LogP contribution in [0.25, 0.3) is 17.1 Å². The van der Waals surface area contributed by atoms with Gasteiger partial charge >= 0.3 is 5.97 Å². The van der Waals surface area contributed by atoms with E-state index >= 15 is 0 Å². The Morgan fingerprint density at radius 1 is 1.09 bits per heavy atom. The Labute approximate surface area is 183 Å². The number of hydrogen-bond donors (Lipinski definition) is 0. The third-order valence-electron chi connectivity index (χ3n) is 4.80. The van der Waals surface area contributed by atoms with Gasteiger partial charge in [-0.1, -0.05) is 5.21 Å². The Kier molecular flexibility index (Phi) is 5.98. The molecule has 0 saturated heterocycles. The zero-order valence-electron chi connectivity index (χ0n) is 17.8. The number of aryl methyl sites for hydroxylation is 1. The van der Waals surface area contributed by atoms with Crippen molar-refractivity contribution in [3.8, 4) is 22.9 Å². The van der Waals surface area contributed by atoms with Gasteiger partial charge in [0.25, 0.3) is 0 Å². The van der Waals surface area contributed by atoms with Gasteiger partial charge in [-0.2, -0.15) is 0 Å². The summed E-state index contributed by atoms with van der Waals surface area (Å²) in [6, 6.07) is 13.1. The summed E-state index contributed by atoms with van der Waals surface area (Å²) in [5, 5.41) is 7.89. The fourth-order valence-corrected chi connectivity index (χ4v) is 3.09. The molecule has 0 aliphatic rings. The molecule has 0 unspecified atom stereocenters. The largest absolute Gasteiger partial charge is 0.494 e. The lowest BCUT2D eigenvalue weighted by atomic mass is 10.2. The highest BCUT2D eigenvalue weighted by Crippen LogP contribution is 2.25. The average molecular weight is 436 g/mol. The average Bonchev–Trinajstić information content (AvgIpc) is 3.36. The van der Waals surface area contributed by atoms with Gasteiger partial charge in [0, 0.05) is 5.56 Å². The molecule has 0 atom stereocenters. The Hall–Kier alpha value is -4.01. The SMILES string of the molecule is CCOc1ccc(-c2nc(COC(=O)c3nnn(-c4ccc(F)cc4)c3C)c(C)o2)cc1. The number of carbonyl (C=O) groups excluding carboxylic acids is 1. The fraction of sp³-hybridized carbons (Fsp3) is 0.217. The summed E-state index contributed by atoms with van der Waals surface area (Å²) in [6.07, 6.45) is 0. The molecule has 0 radical (unpaired) electrons. The highest BCUT2D eigenvalue weighted by atomic mass is 19.1. The van der Waals surface area contributed by atoms with E-state index in [0.717, 1.165) is 11.3 Å². The number of esters is 1. The van der Waals surface area contributed by atoms with E-state index in [0.29, 0.717) is 35.3 Å². The normalized spacial score (nSPS) is 10.9. The highest BCUT2D eigenvalue weighted by Gasteiger charge is 2.20. The molecule has 0 amide bonds. The minimum Gasteiger partial charge on any atom is -0.494 e. The van der Waals surface area contributed by atoms with Crippen molar-refractivity contribution in [2.24, 2.45) is 0 Å². The molecule has 0 spiro atoms. The monoisotopic (exact) mass is 436 g/mol. The van der Waals surface area contributed by atoms with Crippen molar-refractivity contribution < 1.29 is 23.1 Å². The fourth-order valence-electron chi connectivity index (χ4n) is 3.09. The van der Waals surface area contributed by atoms with E-state index < -0.39 is 5.97 Å². The quantitative estimate of drug-likeness (QED) is 0.396. The molecule has 4 aromatic rings. The highest BCUT2D eigenvalue weighted by molar-refractivity contribution is 5.88. The number of nitrogens with zero attached hydrogens (tertiary/aromatic N) is 4. The summed E-state index contributed by atoms with van der Waals surface area (Å²) in [4.78, 5) is 17.0. The molecule has 9 heteroatoms. The van der Waals surface area contributed by atoms with Crippen LogP contribution < -0.4 is 4.74 Å². The summed E-state index contributed by atoms with van der Waals surface area (Å²) in [6.45, 7) is 5.87. The Morgan fingerprint density at radius 3 is 2.50 bits per heavy atom. The Balaban J connectivity index is 1.45. The number of carbonyl (C=O) groups is 1. The van der Waals surface area contributed by atoms with Gasteiger partial charge in [-0.3, -0.25) is 0 Å². The number of aromatic nitrogens is 4. The Morgan fingerprint density at radius 2 is 1.81 bits per heavy atom. The van der Waals surface area contributed by atoms with Crippen molar-refractivity contribution in [3.63, 3.8) is 0 Å². The Bertz CT molecular complexity index is 1230. The van der Waals surface area contributed by atoms with Gasteiger partial charge in [-0.05, 0) is 69.3 Å². The maximum Gasteiger partial charge on any atom is 0.361 e. The van der Waals surface area contributed by atoms with Gasteiger partial charge in [-0.15, -0.1) is 5.10 Å². The van der Waals surface area contributed by atoms with Gasteiger partial charge in [0.1, 0.15) is 29.6 Å². The predicted octanol–water partition coefficient (Wildman–Crippen LogP) is 4.43. The van der Waals surface area contributed by atoms with Crippen LogP contribution in [-0.2, 0) is 11.3 Å². The molecule has 8 nitrogen and oxygen atoms in total. The lowest BCUT2D eigenvalue weighted by molar-refractivity contribution is 0.0459. The number of ether oxygens (including phenoxy) is 2. The van der Waals surface area contributed by atoms with Crippen molar-refractivity contribution in [2.75, 3.05) is 6.61 Å². The minimum absolute atomic E-state index is 0.0715. The predicted molar refractivity (Wildman–Crippen MR) is 113 cm³/mol. The molecular weight excluding hydrogens is 415 g/mol. The zero-order chi connectivity index (χ0) is 22.7. The first-order valence-electron chi connectivity index (χ1n) is 10.0. The van der Waals surface area contributed by atoms with Crippen LogP contribution >= 0.6 is 0 Å². The molecule has 2 aromatic heterocycles. The van der Waals surface area contributed by atoms with Gasteiger partial charge in [0.2, 0.25) is 5.89 Å². The van der Waals surface area contributed by atoms with E-state index in [-0.39, 0.29) is 18.1 Å². The lowest BCUT2D eigenvalue weighted by Crippen LogP contribution is -2.09. The van der Waals surface area contributed by atoms with Crippen LogP contribution in [-0.4, -0.2) is 32.6 Å². The van der Waals surface area contributed by atoms with Gasteiger partial charge < -0.3 is 13.9 Å². The van der Waals surface area contributed by atoms with Crippen LogP contribution in [0, 0.1) is 19.7 Å². The number of hydrogen-bond acceptors (Lipinski definition) is 7. The minimum atomic E-state index is -0.638. The van der Waals surface area contributed by atoms with Crippen LogP contribution in [0.15, 0.2) is 52.9 Å². The summed E-state index contributed by atoms with van der Waals surface area (Å²) in [5.74, 6) is 0.737. The van der Waals surface area contributed by atoms with Gasteiger partial charge in [0.15, 0.2) is 5.69 Å². The third-order valence-corrected chi connectivity index (χ3v) is 4.80. The van der Waals surface area contributed by atoms with E-state index in [9.17, 15) is 9.18 Å². The van der Waals surface area contributed by atoms with E-state index in [4.69, 9.17) is 13.9 Å². The second-order valence-corrected chi connectivity index (χ2v) is 6.97. The molecule has 32 heavy (non-hydrogen) atoms. The van der Waals surface area contributed by atoms with E-state index in [2.05, 4.69) is 15.3 Å².